The number of aliphatic hydroxyl groups excluding tert-OH is 1. The number of aromatic amines is 2. The van der Waals surface area contributed by atoms with E-state index in [0.717, 1.165) is 4.57 Å². The maximum atomic E-state index is 11.3. The van der Waals surface area contributed by atoms with Crippen LogP contribution < -0.4 is 11.4 Å². The van der Waals surface area contributed by atoms with E-state index in [0.29, 0.717) is 11.3 Å². The number of nitrogens with zero attached hydrogens (tertiary/aromatic N) is 1. The van der Waals surface area contributed by atoms with Gasteiger partial charge in [0.05, 0.1) is 5.69 Å². The van der Waals surface area contributed by atoms with Crippen molar-refractivity contribution < 1.29 is 5.11 Å². The molecule has 0 spiro atoms. The van der Waals surface area contributed by atoms with Gasteiger partial charge >= 0.3 is 11.4 Å². The molecule has 0 aliphatic heterocycles. The van der Waals surface area contributed by atoms with E-state index in [1.165, 1.54) is 0 Å². The fraction of sp³-hybridized carbons (Fsp3) is 0.0909. The Labute approximate surface area is 95.5 Å². The molecule has 0 fully saturated rings. The van der Waals surface area contributed by atoms with Gasteiger partial charge in [0.2, 0.25) is 0 Å². The number of aromatic nitrogens is 3. The van der Waals surface area contributed by atoms with Crippen molar-refractivity contribution >= 4 is 0 Å². The SMILES string of the molecule is O=c1[nH][nH]c(=O)n1-c1ccc(C#CCO)cc1. The van der Waals surface area contributed by atoms with Crippen LogP contribution in [-0.4, -0.2) is 26.5 Å². The summed E-state index contributed by atoms with van der Waals surface area (Å²) in [5.41, 5.74) is 0.100. The lowest BCUT2D eigenvalue weighted by Crippen LogP contribution is -2.24. The maximum Gasteiger partial charge on any atom is 0.348 e. The standard InChI is InChI=1S/C11H9N3O3/c15-7-1-2-8-3-5-9(6-4-8)14-10(16)12-13-11(14)17/h3-6,15H,7H2,(H,12,16)(H,13,17). The summed E-state index contributed by atoms with van der Waals surface area (Å²) in [5, 5.41) is 12.9. The lowest BCUT2D eigenvalue weighted by atomic mass is 10.2. The third-order valence-electron chi connectivity index (χ3n) is 2.12. The van der Waals surface area contributed by atoms with Crippen LogP contribution in [0, 0.1) is 11.8 Å². The lowest BCUT2D eigenvalue weighted by Gasteiger charge is -1.98. The fourth-order valence-electron chi connectivity index (χ4n) is 1.38. The highest BCUT2D eigenvalue weighted by Crippen LogP contribution is 2.04. The number of aliphatic hydroxyl groups is 1. The van der Waals surface area contributed by atoms with E-state index in [4.69, 9.17) is 5.11 Å². The van der Waals surface area contributed by atoms with E-state index in [9.17, 15) is 9.59 Å². The number of benzene rings is 1. The minimum absolute atomic E-state index is 0.210. The van der Waals surface area contributed by atoms with Crippen molar-refractivity contribution in [1.29, 1.82) is 0 Å². The average molecular weight is 231 g/mol. The van der Waals surface area contributed by atoms with Crippen LogP contribution in [0.4, 0.5) is 0 Å². The topological polar surface area (TPSA) is 90.9 Å². The average Bonchev–Trinajstić information content (AvgIpc) is 2.67. The quantitative estimate of drug-likeness (QED) is 0.561. The molecule has 1 aromatic heterocycles. The molecule has 86 valence electrons. The first kappa shape index (κ1) is 11.0. The van der Waals surface area contributed by atoms with Crippen molar-refractivity contribution in [2.45, 2.75) is 0 Å². The van der Waals surface area contributed by atoms with Gasteiger partial charge in [0.15, 0.2) is 0 Å². The Balaban J connectivity index is 2.43. The highest BCUT2D eigenvalue weighted by molar-refractivity contribution is 5.41. The molecule has 1 aromatic carbocycles. The molecular formula is C11H9N3O3. The monoisotopic (exact) mass is 231 g/mol. The van der Waals surface area contributed by atoms with Crippen molar-refractivity contribution in [2.24, 2.45) is 0 Å². The molecule has 1 heterocycles. The second kappa shape index (κ2) is 4.55. The van der Waals surface area contributed by atoms with Crippen molar-refractivity contribution in [2.75, 3.05) is 6.61 Å². The van der Waals surface area contributed by atoms with Crippen LogP contribution in [0.3, 0.4) is 0 Å². The molecule has 0 radical (unpaired) electrons. The Kier molecular flexibility index (Phi) is 2.94. The number of H-pyrrole nitrogens is 2. The number of nitrogens with one attached hydrogen (secondary N) is 2. The zero-order valence-corrected chi connectivity index (χ0v) is 8.73. The first-order valence-corrected chi connectivity index (χ1v) is 4.82. The van der Waals surface area contributed by atoms with Gasteiger partial charge in [0.25, 0.3) is 0 Å². The van der Waals surface area contributed by atoms with Gasteiger partial charge in [0, 0.05) is 5.56 Å². The molecule has 0 atom stereocenters. The minimum atomic E-state index is -0.524. The zero-order valence-electron chi connectivity index (χ0n) is 8.73. The summed E-state index contributed by atoms with van der Waals surface area (Å²) in [6.45, 7) is -0.210. The fourth-order valence-corrected chi connectivity index (χ4v) is 1.38. The predicted octanol–water partition coefficient (Wildman–Crippen LogP) is -0.802. The van der Waals surface area contributed by atoms with Gasteiger partial charge in [-0.25, -0.2) is 24.4 Å². The molecule has 17 heavy (non-hydrogen) atoms. The van der Waals surface area contributed by atoms with Gasteiger partial charge in [-0.15, -0.1) is 0 Å². The van der Waals surface area contributed by atoms with E-state index in [-0.39, 0.29) is 6.61 Å². The van der Waals surface area contributed by atoms with Crippen LogP contribution in [0.25, 0.3) is 5.69 Å². The van der Waals surface area contributed by atoms with Crippen LogP contribution >= 0.6 is 0 Å². The lowest BCUT2D eigenvalue weighted by molar-refractivity contribution is 0.350. The third-order valence-corrected chi connectivity index (χ3v) is 2.12. The Morgan fingerprint density at radius 1 is 1.12 bits per heavy atom. The molecule has 0 saturated carbocycles. The number of hydrogen-bond acceptors (Lipinski definition) is 3. The van der Waals surface area contributed by atoms with Gasteiger partial charge in [-0.3, -0.25) is 0 Å². The van der Waals surface area contributed by atoms with E-state index in [1.807, 2.05) is 0 Å². The Hall–Kier alpha value is -2.52. The molecule has 0 unspecified atom stereocenters. The van der Waals surface area contributed by atoms with Crippen molar-refractivity contribution in [3.05, 3.63) is 50.8 Å². The zero-order chi connectivity index (χ0) is 12.3. The first-order valence-electron chi connectivity index (χ1n) is 4.82. The summed E-state index contributed by atoms with van der Waals surface area (Å²) >= 11 is 0. The van der Waals surface area contributed by atoms with Crippen LogP contribution in [-0.2, 0) is 0 Å². The molecular weight excluding hydrogens is 222 g/mol. The summed E-state index contributed by atoms with van der Waals surface area (Å²) in [5.74, 6) is 5.22. The molecule has 0 saturated heterocycles. The van der Waals surface area contributed by atoms with Gasteiger partial charge in [-0.05, 0) is 24.3 Å². The molecule has 6 nitrogen and oxygen atoms in total. The summed E-state index contributed by atoms with van der Waals surface area (Å²) < 4.78 is 0.975. The summed E-state index contributed by atoms with van der Waals surface area (Å²) in [4.78, 5) is 22.6. The minimum Gasteiger partial charge on any atom is -0.384 e. The second-order valence-electron chi connectivity index (χ2n) is 3.20. The molecule has 2 aromatic rings. The normalized spacial score (nSPS) is 9.71. The summed E-state index contributed by atoms with van der Waals surface area (Å²) in [6, 6.07) is 6.53. The third kappa shape index (κ3) is 2.19. The highest BCUT2D eigenvalue weighted by atomic mass is 16.2. The van der Waals surface area contributed by atoms with Gasteiger partial charge in [0.1, 0.15) is 6.61 Å². The van der Waals surface area contributed by atoms with E-state index < -0.39 is 11.4 Å². The molecule has 0 aliphatic rings. The molecule has 3 N–H and O–H groups in total. The van der Waals surface area contributed by atoms with Crippen LogP contribution in [0.5, 0.6) is 0 Å². The maximum absolute atomic E-state index is 11.3. The summed E-state index contributed by atoms with van der Waals surface area (Å²) in [7, 11) is 0. The molecule has 0 amide bonds. The van der Waals surface area contributed by atoms with Crippen molar-refractivity contribution in [1.82, 2.24) is 14.8 Å². The molecule has 2 rings (SSSR count). The van der Waals surface area contributed by atoms with Crippen molar-refractivity contribution in [3.8, 4) is 17.5 Å². The Morgan fingerprint density at radius 3 is 2.24 bits per heavy atom. The van der Waals surface area contributed by atoms with E-state index in [2.05, 4.69) is 22.0 Å². The summed E-state index contributed by atoms with van der Waals surface area (Å²) in [6.07, 6.45) is 0. The Bertz CT molecular complexity index is 652. The number of hydrogen-bond donors (Lipinski definition) is 3. The van der Waals surface area contributed by atoms with E-state index >= 15 is 0 Å². The highest BCUT2D eigenvalue weighted by Gasteiger charge is 2.04. The predicted molar refractivity (Wildman–Crippen MR) is 61.0 cm³/mol. The van der Waals surface area contributed by atoms with Gasteiger partial charge in [-0.2, -0.15) is 0 Å². The Morgan fingerprint density at radius 2 is 1.71 bits per heavy atom. The van der Waals surface area contributed by atoms with Crippen LogP contribution in [0.1, 0.15) is 5.56 Å². The molecule has 0 bridgehead atoms. The van der Waals surface area contributed by atoms with Gasteiger partial charge in [-0.1, -0.05) is 11.8 Å². The largest absolute Gasteiger partial charge is 0.384 e. The van der Waals surface area contributed by atoms with Gasteiger partial charge < -0.3 is 5.11 Å². The molecule has 0 aliphatic carbocycles. The number of rotatable bonds is 1. The molecule has 6 heteroatoms. The van der Waals surface area contributed by atoms with Crippen molar-refractivity contribution in [3.63, 3.8) is 0 Å². The van der Waals surface area contributed by atoms with E-state index in [1.54, 1.807) is 24.3 Å². The first-order chi connectivity index (χ1) is 8.22. The smallest absolute Gasteiger partial charge is 0.348 e. The van der Waals surface area contributed by atoms with Crippen LogP contribution in [0.2, 0.25) is 0 Å². The second-order valence-corrected chi connectivity index (χ2v) is 3.20. The van der Waals surface area contributed by atoms with Crippen LogP contribution in [0.15, 0.2) is 33.9 Å².